The van der Waals surface area contributed by atoms with Crippen molar-refractivity contribution < 1.29 is 19.3 Å². The Balaban J connectivity index is 1.99. The highest BCUT2D eigenvalue weighted by molar-refractivity contribution is 5.26. The normalized spacial score (nSPS) is 28.7. The van der Waals surface area contributed by atoms with Crippen LogP contribution in [0.15, 0.2) is 29.4 Å². The summed E-state index contributed by atoms with van der Waals surface area (Å²) < 4.78 is 16.2. The zero-order valence-electron chi connectivity index (χ0n) is 12.0. The first-order chi connectivity index (χ1) is 10.1. The molecule has 1 aromatic carbocycles. The number of azide groups is 1. The lowest BCUT2D eigenvalue weighted by Crippen LogP contribution is -2.46. The van der Waals surface area contributed by atoms with Crippen LogP contribution in [-0.4, -0.2) is 36.8 Å². The van der Waals surface area contributed by atoms with Crippen LogP contribution in [0.3, 0.4) is 0 Å². The van der Waals surface area contributed by atoms with Gasteiger partial charge in [0.15, 0.2) is 6.29 Å². The Labute approximate surface area is 123 Å². The third-order valence-electron chi connectivity index (χ3n) is 3.48. The molecule has 0 spiro atoms. The summed E-state index contributed by atoms with van der Waals surface area (Å²) in [6.45, 7) is 2.12. The fourth-order valence-corrected chi connectivity index (χ4v) is 2.34. The molecule has 0 amide bonds. The van der Waals surface area contributed by atoms with Crippen molar-refractivity contribution in [1.29, 1.82) is 0 Å². The minimum Gasteiger partial charge on any atom is -0.497 e. The summed E-state index contributed by atoms with van der Waals surface area (Å²) >= 11 is 0. The highest BCUT2D eigenvalue weighted by atomic mass is 16.6. The minimum atomic E-state index is -0.897. The number of aliphatic hydroxyl groups is 1. The van der Waals surface area contributed by atoms with Crippen LogP contribution in [0, 0.1) is 0 Å². The largest absolute Gasteiger partial charge is 0.497 e. The number of nitrogens with zero attached hydrogens (tertiary/aromatic N) is 3. The second-order valence-corrected chi connectivity index (χ2v) is 4.92. The van der Waals surface area contributed by atoms with Gasteiger partial charge in [0.05, 0.1) is 32.0 Å². The van der Waals surface area contributed by atoms with Crippen LogP contribution >= 0.6 is 0 Å². The molecule has 0 bridgehead atoms. The Hall–Kier alpha value is -1.79. The Morgan fingerprint density at radius 2 is 2.14 bits per heavy atom. The Bertz CT molecular complexity index is 501. The maximum atomic E-state index is 9.65. The third kappa shape index (κ3) is 4.09. The molecule has 1 fully saturated rings. The molecule has 0 aromatic heterocycles. The van der Waals surface area contributed by atoms with E-state index in [1.165, 1.54) is 0 Å². The number of hydrogen-bond donors (Lipinski definition) is 1. The molecule has 21 heavy (non-hydrogen) atoms. The van der Waals surface area contributed by atoms with Crippen molar-refractivity contribution in [2.24, 2.45) is 5.11 Å². The first-order valence-corrected chi connectivity index (χ1v) is 6.76. The van der Waals surface area contributed by atoms with Gasteiger partial charge >= 0.3 is 0 Å². The molecule has 0 radical (unpaired) electrons. The van der Waals surface area contributed by atoms with Crippen molar-refractivity contribution in [1.82, 2.24) is 0 Å². The highest BCUT2D eigenvalue weighted by Gasteiger charge is 2.35. The highest BCUT2D eigenvalue weighted by Crippen LogP contribution is 2.25. The molecular formula is C14H19N3O4. The predicted octanol–water partition coefficient (Wildman–Crippen LogP) is 2.39. The molecule has 1 aliphatic heterocycles. The Morgan fingerprint density at radius 1 is 1.43 bits per heavy atom. The van der Waals surface area contributed by atoms with Gasteiger partial charge in [-0.2, -0.15) is 0 Å². The van der Waals surface area contributed by atoms with Gasteiger partial charge < -0.3 is 19.3 Å². The number of ether oxygens (including phenoxy) is 3. The monoisotopic (exact) mass is 293 g/mol. The van der Waals surface area contributed by atoms with Crippen molar-refractivity contribution in [3.05, 3.63) is 40.3 Å². The molecule has 0 saturated carbocycles. The van der Waals surface area contributed by atoms with Crippen LogP contribution in [0.1, 0.15) is 18.9 Å². The lowest BCUT2D eigenvalue weighted by atomic mass is 10.00. The average Bonchev–Trinajstić information content (AvgIpc) is 2.48. The summed E-state index contributed by atoms with van der Waals surface area (Å²) in [5.74, 6) is 0.779. The van der Waals surface area contributed by atoms with Crippen molar-refractivity contribution in [3.8, 4) is 5.75 Å². The van der Waals surface area contributed by atoms with Gasteiger partial charge in [-0.05, 0) is 30.2 Å². The molecule has 2 rings (SSSR count). The van der Waals surface area contributed by atoms with Crippen molar-refractivity contribution in [2.75, 3.05) is 7.11 Å². The number of rotatable bonds is 5. The van der Waals surface area contributed by atoms with Crippen LogP contribution in [0.5, 0.6) is 5.75 Å². The van der Waals surface area contributed by atoms with Crippen LogP contribution < -0.4 is 4.74 Å². The van der Waals surface area contributed by atoms with E-state index in [2.05, 4.69) is 10.0 Å². The van der Waals surface area contributed by atoms with E-state index in [1.807, 2.05) is 24.3 Å². The standard InChI is InChI=1S/C14H19N3O4/c1-9-14(16-17-15)12(7-13(18)21-9)20-8-10-3-5-11(19-2)6-4-10/h3-6,9,12-14,18H,7-8H2,1-2H3/t9-,12-,13+,14-/m1/s1. The molecular weight excluding hydrogens is 274 g/mol. The third-order valence-corrected chi connectivity index (χ3v) is 3.48. The average molecular weight is 293 g/mol. The van der Waals surface area contributed by atoms with Crippen LogP contribution in [0.25, 0.3) is 10.4 Å². The number of benzene rings is 1. The van der Waals surface area contributed by atoms with Crippen LogP contribution in [-0.2, 0) is 16.1 Å². The van der Waals surface area contributed by atoms with E-state index >= 15 is 0 Å². The van der Waals surface area contributed by atoms with Gasteiger partial charge in [-0.3, -0.25) is 0 Å². The van der Waals surface area contributed by atoms with Gasteiger partial charge in [0.25, 0.3) is 0 Å². The fraction of sp³-hybridized carbons (Fsp3) is 0.571. The smallest absolute Gasteiger partial charge is 0.157 e. The summed E-state index contributed by atoms with van der Waals surface area (Å²) in [6.07, 6.45) is -1.37. The molecule has 1 heterocycles. The Morgan fingerprint density at radius 3 is 2.76 bits per heavy atom. The molecule has 0 unspecified atom stereocenters. The molecule has 114 valence electrons. The fourth-order valence-electron chi connectivity index (χ4n) is 2.34. The number of hydrogen-bond acceptors (Lipinski definition) is 5. The van der Waals surface area contributed by atoms with Crippen molar-refractivity contribution >= 4 is 0 Å². The molecule has 0 aliphatic carbocycles. The van der Waals surface area contributed by atoms with Gasteiger partial charge in [-0.25, -0.2) is 0 Å². The molecule has 1 N–H and O–H groups in total. The number of aliphatic hydroxyl groups excluding tert-OH is 1. The molecule has 7 nitrogen and oxygen atoms in total. The van der Waals surface area contributed by atoms with E-state index in [9.17, 15) is 5.11 Å². The van der Waals surface area contributed by atoms with E-state index in [0.29, 0.717) is 6.61 Å². The van der Waals surface area contributed by atoms with Crippen LogP contribution in [0.4, 0.5) is 0 Å². The van der Waals surface area contributed by atoms with Crippen molar-refractivity contribution in [2.45, 2.75) is 44.5 Å². The Kier molecular flexibility index (Phi) is 5.41. The van der Waals surface area contributed by atoms with E-state index in [0.717, 1.165) is 11.3 Å². The first-order valence-electron chi connectivity index (χ1n) is 6.76. The lowest BCUT2D eigenvalue weighted by Gasteiger charge is -2.36. The summed E-state index contributed by atoms with van der Waals surface area (Å²) in [4.78, 5) is 2.83. The van der Waals surface area contributed by atoms with Gasteiger partial charge in [-0.1, -0.05) is 17.2 Å². The summed E-state index contributed by atoms with van der Waals surface area (Å²) in [5, 5.41) is 13.4. The molecule has 7 heteroatoms. The predicted molar refractivity (Wildman–Crippen MR) is 75.7 cm³/mol. The first kappa shape index (κ1) is 15.6. The maximum absolute atomic E-state index is 9.65. The topological polar surface area (TPSA) is 96.7 Å². The molecule has 4 atom stereocenters. The van der Waals surface area contributed by atoms with Crippen molar-refractivity contribution in [3.63, 3.8) is 0 Å². The van der Waals surface area contributed by atoms with Crippen LogP contribution in [0.2, 0.25) is 0 Å². The van der Waals surface area contributed by atoms with E-state index in [-0.39, 0.29) is 18.6 Å². The zero-order valence-corrected chi connectivity index (χ0v) is 12.0. The van der Waals surface area contributed by atoms with E-state index < -0.39 is 12.3 Å². The summed E-state index contributed by atoms with van der Waals surface area (Å²) in [7, 11) is 1.61. The van der Waals surface area contributed by atoms with Gasteiger partial charge in [0.2, 0.25) is 0 Å². The quantitative estimate of drug-likeness (QED) is 0.512. The minimum absolute atomic E-state index is 0.282. The molecule has 1 aromatic rings. The van der Waals surface area contributed by atoms with Gasteiger partial charge in [0, 0.05) is 11.3 Å². The lowest BCUT2D eigenvalue weighted by molar-refractivity contribution is -0.202. The summed E-state index contributed by atoms with van der Waals surface area (Å²) in [5.41, 5.74) is 9.61. The maximum Gasteiger partial charge on any atom is 0.157 e. The van der Waals surface area contributed by atoms with Gasteiger partial charge in [-0.15, -0.1) is 0 Å². The second kappa shape index (κ2) is 7.28. The van der Waals surface area contributed by atoms with Gasteiger partial charge in [0.1, 0.15) is 5.75 Å². The molecule has 1 saturated heterocycles. The van der Waals surface area contributed by atoms with E-state index in [1.54, 1.807) is 14.0 Å². The number of methoxy groups -OCH3 is 1. The summed E-state index contributed by atoms with van der Waals surface area (Å²) in [6, 6.07) is 7.06. The molecule has 1 aliphatic rings. The SMILES string of the molecule is COc1ccc(CO[C@@H]2C[C@@H](O)O[C@H](C)[C@H]2N=[N+]=[N-])cc1. The zero-order chi connectivity index (χ0) is 15.2. The second-order valence-electron chi connectivity index (χ2n) is 4.92. The van der Waals surface area contributed by atoms with E-state index in [4.69, 9.17) is 19.7 Å².